The number of amides is 2. The summed E-state index contributed by atoms with van der Waals surface area (Å²) in [5.74, 6) is -0.913. The second kappa shape index (κ2) is 9.53. The van der Waals surface area contributed by atoms with Gasteiger partial charge in [0.15, 0.2) is 0 Å². The molecule has 1 aliphatic heterocycles. The van der Waals surface area contributed by atoms with Gasteiger partial charge >= 0.3 is 0 Å². The molecule has 1 aliphatic rings. The highest BCUT2D eigenvalue weighted by molar-refractivity contribution is 6.31. The van der Waals surface area contributed by atoms with Crippen molar-refractivity contribution in [2.75, 3.05) is 18.4 Å². The third-order valence-electron chi connectivity index (χ3n) is 4.60. The van der Waals surface area contributed by atoms with E-state index < -0.39 is 11.4 Å². The summed E-state index contributed by atoms with van der Waals surface area (Å²) in [6, 6.07) is 4.08. The third-order valence-corrected chi connectivity index (χ3v) is 4.89. The molecule has 3 N–H and O–H groups in total. The van der Waals surface area contributed by atoms with Crippen molar-refractivity contribution < 1.29 is 14.0 Å². The SMILES string of the molecule is CCCC(C)(N)C(=O)N1CCC(C(=O)Nc2ccc(F)c(Cl)c2)CC1.Cl. The van der Waals surface area contributed by atoms with Crippen molar-refractivity contribution in [3.63, 3.8) is 0 Å². The number of hydrogen-bond acceptors (Lipinski definition) is 3. The first-order chi connectivity index (χ1) is 11.7. The van der Waals surface area contributed by atoms with Crippen LogP contribution in [0.15, 0.2) is 18.2 Å². The first kappa shape index (κ1) is 22.7. The lowest BCUT2D eigenvalue weighted by Gasteiger charge is -2.36. The molecule has 8 heteroatoms. The van der Waals surface area contributed by atoms with Crippen molar-refractivity contribution in [3.8, 4) is 0 Å². The monoisotopic (exact) mass is 405 g/mol. The van der Waals surface area contributed by atoms with Gasteiger partial charge in [-0.05, 0) is 44.4 Å². The van der Waals surface area contributed by atoms with Crippen LogP contribution in [0.5, 0.6) is 0 Å². The molecule has 146 valence electrons. The Morgan fingerprint density at radius 2 is 2.00 bits per heavy atom. The van der Waals surface area contributed by atoms with Gasteiger partial charge in [0.2, 0.25) is 11.8 Å². The minimum Gasteiger partial charge on any atom is -0.341 e. The zero-order chi connectivity index (χ0) is 18.6. The van der Waals surface area contributed by atoms with Crippen molar-refractivity contribution in [3.05, 3.63) is 29.0 Å². The lowest BCUT2D eigenvalue weighted by molar-refractivity contribution is -0.139. The van der Waals surface area contributed by atoms with E-state index in [1.165, 1.54) is 18.2 Å². The Hall–Kier alpha value is -1.37. The molecular weight excluding hydrogens is 380 g/mol. The Morgan fingerprint density at radius 1 is 1.38 bits per heavy atom. The van der Waals surface area contributed by atoms with Crippen LogP contribution in [0.2, 0.25) is 5.02 Å². The Balaban J connectivity index is 0.00000338. The minimum atomic E-state index is -0.852. The fraction of sp³-hybridized carbons (Fsp3) is 0.556. The van der Waals surface area contributed by atoms with Crippen molar-refractivity contribution >= 4 is 41.5 Å². The fourth-order valence-electron chi connectivity index (χ4n) is 3.15. The molecule has 0 radical (unpaired) electrons. The van der Waals surface area contributed by atoms with Crippen molar-refractivity contribution in [2.24, 2.45) is 11.7 Å². The zero-order valence-corrected chi connectivity index (χ0v) is 16.6. The van der Waals surface area contributed by atoms with E-state index in [0.717, 1.165) is 6.42 Å². The Morgan fingerprint density at radius 3 is 2.54 bits per heavy atom. The van der Waals surface area contributed by atoms with E-state index in [1.54, 1.807) is 11.8 Å². The van der Waals surface area contributed by atoms with Gasteiger partial charge in [-0.25, -0.2) is 4.39 Å². The van der Waals surface area contributed by atoms with Gasteiger partial charge in [-0.15, -0.1) is 12.4 Å². The van der Waals surface area contributed by atoms with Crippen LogP contribution in [-0.2, 0) is 9.59 Å². The second-order valence-electron chi connectivity index (χ2n) is 6.85. The predicted octanol–water partition coefficient (Wildman–Crippen LogP) is 3.60. The maximum absolute atomic E-state index is 13.2. The number of hydrogen-bond donors (Lipinski definition) is 2. The van der Waals surface area contributed by atoms with Crippen LogP contribution in [0.1, 0.15) is 39.5 Å². The molecule has 5 nitrogen and oxygen atoms in total. The average Bonchev–Trinajstić information content (AvgIpc) is 2.57. The Kier molecular flexibility index (Phi) is 8.31. The minimum absolute atomic E-state index is 0. The van der Waals surface area contributed by atoms with Gasteiger partial charge in [-0.3, -0.25) is 9.59 Å². The molecule has 0 spiro atoms. The van der Waals surface area contributed by atoms with E-state index in [-0.39, 0.29) is 35.2 Å². The number of carbonyl (C=O) groups is 2. The fourth-order valence-corrected chi connectivity index (χ4v) is 3.33. The highest BCUT2D eigenvalue weighted by Gasteiger charge is 2.35. The number of anilines is 1. The Bertz CT molecular complexity index is 647. The smallest absolute Gasteiger partial charge is 0.242 e. The summed E-state index contributed by atoms with van der Waals surface area (Å²) in [7, 11) is 0. The highest BCUT2D eigenvalue weighted by Crippen LogP contribution is 2.24. The number of nitrogens with zero attached hydrogens (tertiary/aromatic N) is 1. The summed E-state index contributed by atoms with van der Waals surface area (Å²) in [4.78, 5) is 26.6. The summed E-state index contributed by atoms with van der Waals surface area (Å²) in [5.41, 5.74) is 5.72. The van der Waals surface area contributed by atoms with Gasteiger partial charge in [0.25, 0.3) is 0 Å². The summed E-state index contributed by atoms with van der Waals surface area (Å²) >= 11 is 5.72. The summed E-state index contributed by atoms with van der Waals surface area (Å²) < 4.78 is 13.2. The van der Waals surface area contributed by atoms with Crippen LogP contribution >= 0.6 is 24.0 Å². The van der Waals surface area contributed by atoms with Crippen molar-refractivity contribution in [2.45, 2.75) is 45.1 Å². The van der Waals surface area contributed by atoms with E-state index in [9.17, 15) is 14.0 Å². The third kappa shape index (κ3) is 5.56. The molecule has 2 rings (SSSR count). The molecule has 1 aromatic carbocycles. The van der Waals surface area contributed by atoms with E-state index >= 15 is 0 Å². The van der Waals surface area contributed by atoms with Crippen molar-refractivity contribution in [1.29, 1.82) is 0 Å². The summed E-state index contributed by atoms with van der Waals surface area (Å²) in [6.45, 7) is 4.78. The van der Waals surface area contributed by atoms with Gasteiger partial charge in [-0.1, -0.05) is 24.9 Å². The molecule has 0 aliphatic carbocycles. The van der Waals surface area contributed by atoms with Crippen LogP contribution in [0.4, 0.5) is 10.1 Å². The molecule has 0 aromatic heterocycles. The van der Waals surface area contributed by atoms with Crippen molar-refractivity contribution in [1.82, 2.24) is 4.90 Å². The molecule has 1 saturated heterocycles. The maximum atomic E-state index is 13.2. The molecule has 2 amide bonds. The number of piperidine rings is 1. The van der Waals surface area contributed by atoms with E-state index in [4.69, 9.17) is 17.3 Å². The second-order valence-corrected chi connectivity index (χ2v) is 7.26. The van der Waals surface area contributed by atoms with E-state index in [1.807, 2.05) is 6.92 Å². The lowest BCUT2D eigenvalue weighted by atomic mass is 9.91. The van der Waals surface area contributed by atoms with Crippen LogP contribution in [0.3, 0.4) is 0 Å². The van der Waals surface area contributed by atoms with Gasteiger partial charge in [0.05, 0.1) is 10.6 Å². The van der Waals surface area contributed by atoms with Gasteiger partial charge < -0.3 is 16.0 Å². The zero-order valence-electron chi connectivity index (χ0n) is 15.1. The maximum Gasteiger partial charge on any atom is 0.242 e. The number of halogens is 3. The predicted molar refractivity (Wildman–Crippen MR) is 104 cm³/mol. The van der Waals surface area contributed by atoms with Crippen LogP contribution in [0, 0.1) is 11.7 Å². The molecule has 1 unspecified atom stereocenters. The number of benzene rings is 1. The number of nitrogens with two attached hydrogens (primary N) is 1. The quantitative estimate of drug-likeness (QED) is 0.785. The first-order valence-electron chi connectivity index (χ1n) is 8.58. The standard InChI is InChI=1S/C18H25ClFN3O2.ClH/c1-3-8-18(2,21)17(25)23-9-6-12(7-10-23)16(24)22-13-4-5-15(20)14(19)11-13;/h4-5,11-12H,3,6-10,21H2,1-2H3,(H,22,24);1H. The first-order valence-corrected chi connectivity index (χ1v) is 8.96. The van der Waals surface area contributed by atoms with Gasteiger partial charge in [0, 0.05) is 24.7 Å². The van der Waals surface area contributed by atoms with E-state index in [2.05, 4.69) is 5.32 Å². The molecule has 1 fully saturated rings. The lowest BCUT2D eigenvalue weighted by Crippen LogP contribution is -2.55. The number of nitrogens with one attached hydrogen (secondary N) is 1. The topological polar surface area (TPSA) is 75.4 Å². The Labute approximate surface area is 164 Å². The molecule has 26 heavy (non-hydrogen) atoms. The number of likely N-dealkylation sites (tertiary alicyclic amines) is 1. The van der Waals surface area contributed by atoms with Crippen LogP contribution in [-0.4, -0.2) is 35.3 Å². The van der Waals surface area contributed by atoms with E-state index in [0.29, 0.717) is 38.0 Å². The molecule has 1 atom stereocenters. The summed E-state index contributed by atoms with van der Waals surface area (Å²) in [6.07, 6.45) is 2.64. The number of rotatable bonds is 5. The largest absolute Gasteiger partial charge is 0.341 e. The average molecular weight is 406 g/mol. The highest BCUT2D eigenvalue weighted by atomic mass is 35.5. The normalized spacial score (nSPS) is 17.2. The molecular formula is C18H26Cl2FN3O2. The molecule has 1 aromatic rings. The molecule has 0 saturated carbocycles. The molecule has 0 bridgehead atoms. The van der Waals surface area contributed by atoms with Gasteiger partial charge in [-0.2, -0.15) is 0 Å². The van der Waals surface area contributed by atoms with Crippen LogP contribution < -0.4 is 11.1 Å². The van der Waals surface area contributed by atoms with Crippen LogP contribution in [0.25, 0.3) is 0 Å². The molecule has 1 heterocycles. The van der Waals surface area contributed by atoms with Gasteiger partial charge in [0.1, 0.15) is 5.82 Å². The summed E-state index contributed by atoms with van der Waals surface area (Å²) in [5, 5.41) is 2.72. The number of carbonyl (C=O) groups excluding carboxylic acids is 2.